The summed E-state index contributed by atoms with van der Waals surface area (Å²) in [5.41, 5.74) is 5.44. The Morgan fingerprint density at radius 2 is 1.58 bits per heavy atom. The van der Waals surface area contributed by atoms with Crippen LogP contribution in [-0.4, -0.2) is 31.4 Å². The molecule has 0 atom stereocenters. The first-order chi connectivity index (χ1) is 12.5. The standard InChI is InChI=1S/C18H19N3O5/c1-12(22)19-14-9-7-13(8-10-14)18(24)21-20-17(23)11-26-16-6-4-3-5-15(16)25-2/h3-10H,11H2,1-2H3,(H,19,22)(H,20,23)(H,21,24). The third-order valence-corrected chi connectivity index (χ3v) is 3.21. The monoisotopic (exact) mass is 357 g/mol. The second-order valence-electron chi connectivity index (χ2n) is 5.20. The van der Waals surface area contributed by atoms with Crippen LogP contribution < -0.4 is 25.6 Å². The van der Waals surface area contributed by atoms with Gasteiger partial charge in [-0.05, 0) is 36.4 Å². The Bertz CT molecular complexity index is 790. The molecule has 26 heavy (non-hydrogen) atoms. The number of anilines is 1. The van der Waals surface area contributed by atoms with E-state index in [4.69, 9.17) is 9.47 Å². The minimum Gasteiger partial charge on any atom is -0.493 e. The van der Waals surface area contributed by atoms with Gasteiger partial charge in [0.15, 0.2) is 18.1 Å². The zero-order valence-corrected chi connectivity index (χ0v) is 14.4. The van der Waals surface area contributed by atoms with Crippen molar-refractivity contribution in [1.82, 2.24) is 10.9 Å². The van der Waals surface area contributed by atoms with Crippen molar-refractivity contribution in [2.45, 2.75) is 6.92 Å². The molecule has 0 radical (unpaired) electrons. The van der Waals surface area contributed by atoms with Crippen LogP contribution in [-0.2, 0) is 9.59 Å². The summed E-state index contributed by atoms with van der Waals surface area (Å²) in [6.45, 7) is 1.10. The third-order valence-electron chi connectivity index (χ3n) is 3.21. The van der Waals surface area contributed by atoms with Gasteiger partial charge in [0.25, 0.3) is 11.8 Å². The maximum absolute atomic E-state index is 12.0. The molecule has 136 valence electrons. The Labute approximate surface area is 150 Å². The molecule has 0 fully saturated rings. The highest BCUT2D eigenvalue weighted by atomic mass is 16.5. The quantitative estimate of drug-likeness (QED) is 0.679. The summed E-state index contributed by atoms with van der Waals surface area (Å²) in [5, 5.41) is 2.60. The summed E-state index contributed by atoms with van der Waals surface area (Å²) < 4.78 is 10.5. The number of methoxy groups -OCH3 is 1. The molecule has 2 aromatic rings. The minimum absolute atomic E-state index is 0.204. The van der Waals surface area contributed by atoms with Crippen LogP contribution in [0.1, 0.15) is 17.3 Å². The second kappa shape index (κ2) is 9.07. The number of amides is 3. The van der Waals surface area contributed by atoms with Crippen molar-refractivity contribution in [1.29, 1.82) is 0 Å². The maximum atomic E-state index is 12.0. The molecular weight excluding hydrogens is 338 g/mol. The summed E-state index contributed by atoms with van der Waals surface area (Å²) in [5.74, 6) is -0.303. The molecular formula is C18H19N3O5. The van der Waals surface area contributed by atoms with Crippen LogP contribution in [0.3, 0.4) is 0 Å². The van der Waals surface area contributed by atoms with Crippen LogP contribution in [0.5, 0.6) is 11.5 Å². The molecule has 2 rings (SSSR count). The van der Waals surface area contributed by atoms with Gasteiger partial charge in [-0.25, -0.2) is 0 Å². The van der Waals surface area contributed by atoms with Gasteiger partial charge >= 0.3 is 0 Å². The van der Waals surface area contributed by atoms with Gasteiger partial charge in [-0.2, -0.15) is 0 Å². The normalized spacial score (nSPS) is 9.77. The van der Waals surface area contributed by atoms with Crippen molar-refractivity contribution in [3.63, 3.8) is 0 Å². The lowest BCUT2D eigenvalue weighted by atomic mass is 10.2. The first-order valence-corrected chi connectivity index (χ1v) is 7.72. The predicted octanol–water partition coefficient (Wildman–Crippen LogP) is 1.49. The van der Waals surface area contributed by atoms with Gasteiger partial charge in [0.2, 0.25) is 5.91 Å². The fraction of sp³-hybridized carbons (Fsp3) is 0.167. The Hall–Kier alpha value is -3.55. The molecule has 2 aromatic carbocycles. The van der Waals surface area contributed by atoms with Gasteiger partial charge in [-0.15, -0.1) is 0 Å². The van der Waals surface area contributed by atoms with Gasteiger partial charge in [0.1, 0.15) is 0 Å². The van der Waals surface area contributed by atoms with Crippen molar-refractivity contribution in [2.75, 3.05) is 19.0 Å². The molecule has 8 heteroatoms. The predicted molar refractivity (Wildman–Crippen MR) is 94.8 cm³/mol. The van der Waals surface area contributed by atoms with Gasteiger partial charge in [-0.1, -0.05) is 12.1 Å². The lowest BCUT2D eigenvalue weighted by Crippen LogP contribution is -2.43. The number of carbonyl (C=O) groups excluding carboxylic acids is 3. The third kappa shape index (κ3) is 5.52. The zero-order valence-electron chi connectivity index (χ0n) is 14.4. The molecule has 0 heterocycles. The minimum atomic E-state index is -0.529. The largest absolute Gasteiger partial charge is 0.493 e. The van der Waals surface area contributed by atoms with Crippen molar-refractivity contribution in [3.05, 3.63) is 54.1 Å². The number of carbonyl (C=O) groups is 3. The second-order valence-corrected chi connectivity index (χ2v) is 5.20. The summed E-state index contributed by atoms with van der Waals surface area (Å²) in [6.07, 6.45) is 0. The van der Waals surface area contributed by atoms with Gasteiger partial charge in [0.05, 0.1) is 7.11 Å². The summed E-state index contributed by atoms with van der Waals surface area (Å²) in [7, 11) is 1.50. The van der Waals surface area contributed by atoms with E-state index >= 15 is 0 Å². The molecule has 0 bridgehead atoms. The van der Waals surface area contributed by atoms with Gasteiger partial charge in [0, 0.05) is 18.2 Å². The molecule has 0 saturated heterocycles. The smallest absolute Gasteiger partial charge is 0.276 e. The maximum Gasteiger partial charge on any atom is 0.276 e. The van der Waals surface area contributed by atoms with E-state index < -0.39 is 11.8 Å². The Morgan fingerprint density at radius 3 is 2.19 bits per heavy atom. The molecule has 3 N–H and O–H groups in total. The molecule has 3 amide bonds. The molecule has 8 nitrogen and oxygen atoms in total. The van der Waals surface area contributed by atoms with E-state index in [0.29, 0.717) is 22.7 Å². The highest BCUT2D eigenvalue weighted by molar-refractivity contribution is 5.96. The number of nitrogens with one attached hydrogen (secondary N) is 3. The van der Waals surface area contributed by atoms with E-state index in [1.807, 2.05) is 0 Å². The van der Waals surface area contributed by atoms with E-state index in [0.717, 1.165) is 0 Å². The number of hydrogen-bond acceptors (Lipinski definition) is 5. The number of ether oxygens (including phenoxy) is 2. The van der Waals surface area contributed by atoms with Crippen LogP contribution in [0.15, 0.2) is 48.5 Å². The van der Waals surface area contributed by atoms with E-state index in [2.05, 4.69) is 16.2 Å². The number of hydrazine groups is 1. The average Bonchev–Trinajstić information content (AvgIpc) is 2.64. The van der Waals surface area contributed by atoms with E-state index in [1.165, 1.54) is 26.2 Å². The van der Waals surface area contributed by atoms with Crippen LogP contribution in [0.25, 0.3) is 0 Å². The average molecular weight is 357 g/mol. The molecule has 0 aliphatic carbocycles. The van der Waals surface area contributed by atoms with Crippen molar-refractivity contribution in [3.8, 4) is 11.5 Å². The Balaban J connectivity index is 1.81. The molecule has 0 aromatic heterocycles. The number of hydrogen-bond donors (Lipinski definition) is 3. The Morgan fingerprint density at radius 1 is 0.923 bits per heavy atom. The van der Waals surface area contributed by atoms with Gasteiger partial charge < -0.3 is 14.8 Å². The first-order valence-electron chi connectivity index (χ1n) is 7.72. The number of rotatable bonds is 6. The highest BCUT2D eigenvalue weighted by Gasteiger charge is 2.09. The molecule has 0 spiro atoms. The lowest BCUT2D eigenvalue weighted by molar-refractivity contribution is -0.123. The molecule has 0 unspecified atom stereocenters. The topological polar surface area (TPSA) is 106 Å². The van der Waals surface area contributed by atoms with E-state index in [-0.39, 0.29) is 12.5 Å². The van der Waals surface area contributed by atoms with Gasteiger partial charge in [-0.3, -0.25) is 25.2 Å². The van der Waals surface area contributed by atoms with Crippen molar-refractivity contribution < 1.29 is 23.9 Å². The fourth-order valence-corrected chi connectivity index (χ4v) is 2.02. The van der Waals surface area contributed by atoms with Crippen LogP contribution in [0.4, 0.5) is 5.69 Å². The summed E-state index contributed by atoms with van der Waals surface area (Å²) >= 11 is 0. The number of para-hydroxylation sites is 2. The van der Waals surface area contributed by atoms with Crippen LogP contribution in [0, 0.1) is 0 Å². The number of benzene rings is 2. The molecule has 0 aliphatic heterocycles. The van der Waals surface area contributed by atoms with Crippen LogP contribution in [0.2, 0.25) is 0 Å². The summed E-state index contributed by atoms with van der Waals surface area (Å²) in [4.78, 5) is 34.7. The summed E-state index contributed by atoms with van der Waals surface area (Å²) in [6, 6.07) is 13.1. The fourth-order valence-electron chi connectivity index (χ4n) is 2.02. The van der Waals surface area contributed by atoms with E-state index in [1.54, 1.807) is 36.4 Å². The van der Waals surface area contributed by atoms with Crippen LogP contribution >= 0.6 is 0 Å². The molecule has 0 saturated carbocycles. The zero-order chi connectivity index (χ0) is 18.9. The highest BCUT2D eigenvalue weighted by Crippen LogP contribution is 2.25. The lowest BCUT2D eigenvalue weighted by Gasteiger charge is -2.11. The molecule has 0 aliphatic rings. The SMILES string of the molecule is COc1ccccc1OCC(=O)NNC(=O)c1ccc(NC(C)=O)cc1. The van der Waals surface area contributed by atoms with Crippen molar-refractivity contribution >= 4 is 23.4 Å². The Kier molecular flexibility index (Phi) is 6.55. The van der Waals surface area contributed by atoms with E-state index in [9.17, 15) is 14.4 Å². The van der Waals surface area contributed by atoms with Crippen molar-refractivity contribution in [2.24, 2.45) is 0 Å². The first kappa shape index (κ1) is 18.8.